The lowest BCUT2D eigenvalue weighted by Crippen LogP contribution is -2.45. The lowest BCUT2D eigenvalue weighted by molar-refractivity contribution is -0.121. The van der Waals surface area contributed by atoms with Crippen LogP contribution in [-0.4, -0.2) is 29.9 Å². The third kappa shape index (κ3) is 4.60. The largest absolute Gasteiger partial charge is 0.333 e. The highest BCUT2D eigenvalue weighted by Gasteiger charge is 2.27. The molecule has 0 radical (unpaired) electrons. The van der Waals surface area contributed by atoms with Gasteiger partial charge in [0.25, 0.3) is 0 Å². The number of rotatable bonds is 4. The van der Waals surface area contributed by atoms with Crippen molar-refractivity contribution in [3.05, 3.63) is 52.2 Å². The maximum Gasteiger partial charge on any atom is 0.317 e. The van der Waals surface area contributed by atoms with Gasteiger partial charge in [-0.15, -0.1) is 11.3 Å². The van der Waals surface area contributed by atoms with E-state index in [1.54, 1.807) is 16.2 Å². The first-order valence-electron chi connectivity index (χ1n) is 8.55. The molecule has 1 aromatic heterocycles. The van der Waals surface area contributed by atoms with Crippen molar-refractivity contribution in [2.45, 2.75) is 26.3 Å². The van der Waals surface area contributed by atoms with E-state index in [0.29, 0.717) is 32.5 Å². The maximum absolute atomic E-state index is 12.3. The second-order valence-corrected chi connectivity index (χ2v) is 7.30. The fourth-order valence-corrected chi connectivity index (χ4v) is 3.81. The summed E-state index contributed by atoms with van der Waals surface area (Å²) in [7, 11) is 0. The van der Waals surface area contributed by atoms with Gasteiger partial charge in [-0.2, -0.15) is 0 Å². The molecule has 0 unspecified atom stereocenters. The topological polar surface area (TPSA) is 61.4 Å². The Balaban J connectivity index is 1.44. The van der Waals surface area contributed by atoms with Gasteiger partial charge in [0, 0.05) is 29.6 Å². The van der Waals surface area contributed by atoms with E-state index in [-0.39, 0.29) is 17.9 Å². The quantitative estimate of drug-likeness (QED) is 0.878. The van der Waals surface area contributed by atoms with Crippen molar-refractivity contribution in [2.75, 3.05) is 18.4 Å². The molecular weight excluding hydrogens is 334 g/mol. The van der Waals surface area contributed by atoms with E-state index in [2.05, 4.69) is 23.6 Å². The lowest BCUT2D eigenvalue weighted by Gasteiger charge is -2.31. The summed E-state index contributed by atoms with van der Waals surface area (Å²) in [6, 6.07) is 11.5. The SMILES string of the molecule is Cc1ccsc1CNC(=O)N1CCC(C(=O)Nc2ccccc2)CC1. The van der Waals surface area contributed by atoms with Crippen LogP contribution in [0.15, 0.2) is 41.8 Å². The van der Waals surface area contributed by atoms with E-state index >= 15 is 0 Å². The molecule has 2 aromatic rings. The van der Waals surface area contributed by atoms with E-state index in [0.717, 1.165) is 5.69 Å². The Morgan fingerprint density at radius 2 is 1.88 bits per heavy atom. The van der Waals surface area contributed by atoms with Gasteiger partial charge in [-0.05, 0) is 48.9 Å². The number of carbonyl (C=O) groups excluding carboxylic acids is 2. The highest BCUT2D eigenvalue weighted by Crippen LogP contribution is 2.20. The Morgan fingerprint density at radius 1 is 1.16 bits per heavy atom. The summed E-state index contributed by atoms with van der Waals surface area (Å²) in [5.74, 6) is 0.00395. The van der Waals surface area contributed by atoms with Crippen LogP contribution in [-0.2, 0) is 11.3 Å². The minimum atomic E-state index is -0.0466. The van der Waals surface area contributed by atoms with Gasteiger partial charge < -0.3 is 15.5 Å². The smallest absolute Gasteiger partial charge is 0.317 e. The van der Waals surface area contributed by atoms with Gasteiger partial charge in [-0.25, -0.2) is 4.79 Å². The second-order valence-electron chi connectivity index (χ2n) is 6.30. The second kappa shape index (κ2) is 8.16. The Bertz CT molecular complexity index is 721. The number of likely N-dealkylation sites (tertiary alicyclic amines) is 1. The van der Waals surface area contributed by atoms with Gasteiger partial charge in [0.1, 0.15) is 0 Å². The monoisotopic (exact) mass is 357 g/mol. The van der Waals surface area contributed by atoms with Crippen molar-refractivity contribution in [1.29, 1.82) is 0 Å². The molecule has 2 heterocycles. The van der Waals surface area contributed by atoms with Gasteiger partial charge in [0.15, 0.2) is 0 Å². The van der Waals surface area contributed by atoms with Crippen molar-refractivity contribution in [1.82, 2.24) is 10.2 Å². The zero-order chi connectivity index (χ0) is 17.6. The summed E-state index contributed by atoms with van der Waals surface area (Å²) in [4.78, 5) is 27.6. The number of urea groups is 1. The molecule has 1 saturated heterocycles. The normalized spacial score (nSPS) is 15.0. The molecule has 1 fully saturated rings. The summed E-state index contributed by atoms with van der Waals surface area (Å²) >= 11 is 1.66. The number of anilines is 1. The molecule has 0 saturated carbocycles. The standard InChI is InChI=1S/C19H23N3O2S/c1-14-9-12-25-17(14)13-20-19(24)22-10-7-15(8-11-22)18(23)21-16-5-3-2-4-6-16/h2-6,9,12,15H,7-8,10-11,13H2,1H3,(H,20,24)(H,21,23). The molecule has 0 aliphatic carbocycles. The van der Waals surface area contributed by atoms with Crippen molar-refractivity contribution >= 4 is 29.0 Å². The molecule has 25 heavy (non-hydrogen) atoms. The minimum Gasteiger partial charge on any atom is -0.333 e. The van der Waals surface area contributed by atoms with E-state index in [9.17, 15) is 9.59 Å². The summed E-state index contributed by atoms with van der Waals surface area (Å²) in [5.41, 5.74) is 2.03. The average molecular weight is 357 g/mol. The molecular formula is C19H23N3O2S. The molecule has 1 aliphatic rings. The van der Waals surface area contributed by atoms with Gasteiger partial charge in [-0.3, -0.25) is 4.79 Å². The minimum absolute atomic E-state index is 0.0382. The molecule has 3 amide bonds. The van der Waals surface area contributed by atoms with Gasteiger partial charge >= 0.3 is 6.03 Å². The summed E-state index contributed by atoms with van der Waals surface area (Å²) in [6.45, 7) is 3.84. The third-order valence-electron chi connectivity index (χ3n) is 4.56. The van der Waals surface area contributed by atoms with Crippen molar-refractivity contribution in [3.8, 4) is 0 Å². The number of amides is 3. The molecule has 3 rings (SSSR count). The number of piperidine rings is 1. The van der Waals surface area contributed by atoms with Gasteiger partial charge in [0.05, 0.1) is 6.54 Å². The third-order valence-corrected chi connectivity index (χ3v) is 5.59. The average Bonchev–Trinajstić information content (AvgIpc) is 3.05. The van der Waals surface area contributed by atoms with E-state index in [1.807, 2.05) is 35.7 Å². The summed E-state index contributed by atoms with van der Waals surface area (Å²) in [5, 5.41) is 7.96. The van der Waals surface area contributed by atoms with Crippen LogP contribution in [0.25, 0.3) is 0 Å². The number of nitrogens with zero attached hydrogens (tertiary/aromatic N) is 1. The Kier molecular flexibility index (Phi) is 5.71. The molecule has 0 spiro atoms. The van der Waals surface area contributed by atoms with Crippen LogP contribution in [0.5, 0.6) is 0 Å². The maximum atomic E-state index is 12.3. The van der Waals surface area contributed by atoms with Crippen LogP contribution in [0.4, 0.5) is 10.5 Å². The number of carbonyl (C=O) groups is 2. The molecule has 0 bridgehead atoms. The first kappa shape index (κ1) is 17.5. The van der Waals surface area contributed by atoms with E-state index in [1.165, 1.54) is 10.4 Å². The van der Waals surface area contributed by atoms with E-state index < -0.39 is 0 Å². The van der Waals surface area contributed by atoms with Crippen LogP contribution in [0, 0.1) is 12.8 Å². The van der Waals surface area contributed by atoms with Crippen LogP contribution in [0.1, 0.15) is 23.3 Å². The van der Waals surface area contributed by atoms with Gasteiger partial charge in [0.2, 0.25) is 5.91 Å². The zero-order valence-electron chi connectivity index (χ0n) is 14.3. The predicted octanol–water partition coefficient (Wildman–Crippen LogP) is 3.62. The Hall–Kier alpha value is -2.34. The first-order chi connectivity index (χ1) is 12.1. The number of nitrogens with one attached hydrogen (secondary N) is 2. The zero-order valence-corrected chi connectivity index (χ0v) is 15.1. The molecule has 1 aliphatic heterocycles. The lowest BCUT2D eigenvalue weighted by atomic mass is 9.96. The van der Waals surface area contributed by atoms with Gasteiger partial charge in [-0.1, -0.05) is 18.2 Å². The molecule has 6 heteroatoms. The Labute approximate surface area is 152 Å². The number of thiophene rings is 1. The summed E-state index contributed by atoms with van der Waals surface area (Å²) < 4.78 is 0. The fourth-order valence-electron chi connectivity index (χ4n) is 2.96. The van der Waals surface area contributed by atoms with Crippen LogP contribution in [0.2, 0.25) is 0 Å². The highest BCUT2D eigenvalue weighted by atomic mass is 32.1. The number of benzene rings is 1. The van der Waals surface area contributed by atoms with Crippen molar-refractivity contribution in [2.24, 2.45) is 5.92 Å². The van der Waals surface area contributed by atoms with Crippen LogP contribution in [0.3, 0.4) is 0 Å². The fraction of sp³-hybridized carbons (Fsp3) is 0.368. The number of aryl methyl sites for hydroxylation is 1. The van der Waals surface area contributed by atoms with Crippen molar-refractivity contribution < 1.29 is 9.59 Å². The van der Waals surface area contributed by atoms with Crippen LogP contribution >= 0.6 is 11.3 Å². The first-order valence-corrected chi connectivity index (χ1v) is 9.43. The summed E-state index contributed by atoms with van der Waals surface area (Å²) in [6.07, 6.45) is 1.40. The molecule has 1 aromatic carbocycles. The molecule has 0 atom stereocenters. The predicted molar refractivity (Wildman–Crippen MR) is 101 cm³/mol. The number of hydrogen-bond acceptors (Lipinski definition) is 3. The van der Waals surface area contributed by atoms with Crippen LogP contribution < -0.4 is 10.6 Å². The molecule has 132 valence electrons. The highest BCUT2D eigenvalue weighted by molar-refractivity contribution is 7.10. The van der Waals surface area contributed by atoms with Crippen molar-refractivity contribution in [3.63, 3.8) is 0 Å². The molecule has 2 N–H and O–H groups in total. The van der Waals surface area contributed by atoms with E-state index in [4.69, 9.17) is 0 Å². The number of para-hydroxylation sites is 1. The number of hydrogen-bond donors (Lipinski definition) is 2. The molecule has 5 nitrogen and oxygen atoms in total. The Morgan fingerprint density at radius 3 is 2.52 bits per heavy atom.